The lowest BCUT2D eigenvalue weighted by Crippen LogP contribution is -2.40. The molecule has 8 nitrogen and oxygen atoms in total. The molecule has 1 aromatic carbocycles. The summed E-state index contributed by atoms with van der Waals surface area (Å²) < 4.78 is 6.35. The number of hydrogen-bond donors (Lipinski definition) is 2. The molecule has 2 N–H and O–H groups in total. The van der Waals surface area contributed by atoms with Gasteiger partial charge in [0.2, 0.25) is 11.9 Å². The summed E-state index contributed by atoms with van der Waals surface area (Å²) in [4.78, 5) is 20.8. The number of fused-ring (bicyclic) bond motifs is 1. The number of morpholine rings is 1. The van der Waals surface area contributed by atoms with Crippen LogP contribution in [-0.4, -0.2) is 47.2 Å². The number of aromatic nitrogens is 2. The van der Waals surface area contributed by atoms with Crippen molar-refractivity contribution in [3.05, 3.63) is 35.8 Å². The van der Waals surface area contributed by atoms with Gasteiger partial charge in [-0.2, -0.15) is 5.26 Å². The Morgan fingerprint density at radius 2 is 2.21 bits per heavy atom. The van der Waals surface area contributed by atoms with Crippen LogP contribution in [0, 0.1) is 11.3 Å². The van der Waals surface area contributed by atoms with Crippen molar-refractivity contribution in [1.82, 2.24) is 15.0 Å². The number of hydrogen-bond acceptors (Lipinski definition) is 8. The molecule has 1 aliphatic heterocycles. The number of thiophene rings is 1. The van der Waals surface area contributed by atoms with Crippen LogP contribution < -0.4 is 10.7 Å². The molecule has 0 saturated carbocycles. The van der Waals surface area contributed by atoms with Crippen LogP contribution in [0.3, 0.4) is 0 Å². The van der Waals surface area contributed by atoms with E-state index < -0.39 is 0 Å². The number of nitrogens with one attached hydrogen (secondary N) is 2. The Bertz CT molecular complexity index is 1040. The Labute approximate surface area is 165 Å². The minimum absolute atomic E-state index is 0.171. The van der Waals surface area contributed by atoms with Crippen LogP contribution in [0.2, 0.25) is 0 Å². The highest BCUT2D eigenvalue weighted by Gasteiger charge is 2.14. The first-order valence-electron chi connectivity index (χ1n) is 8.84. The second-order valence-electron chi connectivity index (χ2n) is 6.23. The third-order valence-corrected chi connectivity index (χ3v) is 5.19. The maximum atomic E-state index is 11.7. The number of carbonyl (C=O) groups excluding carboxylic acids is 1. The van der Waals surface area contributed by atoms with Gasteiger partial charge in [-0.1, -0.05) is 12.1 Å². The largest absolute Gasteiger partial charge is 0.379 e. The topological polar surface area (TPSA) is 103 Å². The van der Waals surface area contributed by atoms with Crippen molar-refractivity contribution in [2.45, 2.75) is 6.42 Å². The molecule has 0 aliphatic carbocycles. The number of nitriles is 1. The standard InChI is InChI=1S/C19H18N6O2S/c20-5-4-17(26)22-14-3-1-2-13(10-14)15-12-28-16-11-21-19(23-18(15)16)24-25-6-8-27-9-7-25/h1-3,10-12H,4,6-9H2,(H,22,26)(H,21,23,24). The summed E-state index contributed by atoms with van der Waals surface area (Å²) in [5.74, 6) is 0.224. The molecule has 0 bridgehead atoms. The zero-order chi connectivity index (χ0) is 19.3. The van der Waals surface area contributed by atoms with E-state index in [2.05, 4.69) is 15.7 Å². The molecule has 9 heteroatoms. The smallest absolute Gasteiger partial charge is 0.238 e. The molecule has 1 aliphatic rings. The van der Waals surface area contributed by atoms with E-state index >= 15 is 0 Å². The molecule has 3 heterocycles. The van der Waals surface area contributed by atoms with Crippen molar-refractivity contribution in [2.75, 3.05) is 37.0 Å². The second-order valence-corrected chi connectivity index (χ2v) is 7.14. The fourth-order valence-electron chi connectivity index (χ4n) is 2.94. The number of amides is 1. The van der Waals surface area contributed by atoms with Crippen LogP contribution in [-0.2, 0) is 9.53 Å². The summed E-state index contributed by atoms with van der Waals surface area (Å²) in [6, 6.07) is 9.37. The molecule has 1 saturated heterocycles. The van der Waals surface area contributed by atoms with E-state index in [9.17, 15) is 4.79 Å². The maximum Gasteiger partial charge on any atom is 0.238 e. The molecule has 142 valence electrons. The average molecular weight is 394 g/mol. The van der Waals surface area contributed by atoms with Crippen molar-refractivity contribution in [2.24, 2.45) is 0 Å². The van der Waals surface area contributed by atoms with Gasteiger partial charge in [0, 0.05) is 29.7 Å². The number of hydrazine groups is 1. The van der Waals surface area contributed by atoms with Crippen LogP contribution in [0.4, 0.5) is 11.6 Å². The lowest BCUT2D eigenvalue weighted by Gasteiger charge is -2.26. The number of benzene rings is 1. The summed E-state index contributed by atoms with van der Waals surface area (Å²) >= 11 is 1.57. The van der Waals surface area contributed by atoms with Gasteiger partial charge in [0.25, 0.3) is 0 Å². The minimum atomic E-state index is -0.325. The van der Waals surface area contributed by atoms with Gasteiger partial charge in [0.05, 0.1) is 35.7 Å². The van der Waals surface area contributed by atoms with Gasteiger partial charge in [-0.15, -0.1) is 11.3 Å². The maximum absolute atomic E-state index is 11.7. The van der Waals surface area contributed by atoms with Gasteiger partial charge in [-0.25, -0.2) is 15.0 Å². The number of anilines is 2. The third kappa shape index (κ3) is 4.09. The molecular formula is C19H18N6O2S. The zero-order valence-electron chi connectivity index (χ0n) is 15.0. The zero-order valence-corrected chi connectivity index (χ0v) is 15.8. The number of ether oxygens (including phenoxy) is 1. The van der Waals surface area contributed by atoms with Gasteiger partial charge in [-0.05, 0) is 17.7 Å². The van der Waals surface area contributed by atoms with E-state index in [4.69, 9.17) is 15.0 Å². The molecule has 0 spiro atoms. The van der Waals surface area contributed by atoms with Crippen molar-refractivity contribution in [1.29, 1.82) is 5.26 Å². The molecule has 1 fully saturated rings. The van der Waals surface area contributed by atoms with Crippen molar-refractivity contribution in [3.63, 3.8) is 0 Å². The van der Waals surface area contributed by atoms with E-state index in [1.165, 1.54) is 0 Å². The molecule has 2 aromatic heterocycles. The quantitative estimate of drug-likeness (QED) is 0.686. The van der Waals surface area contributed by atoms with E-state index in [1.54, 1.807) is 17.4 Å². The van der Waals surface area contributed by atoms with Crippen LogP contribution in [0.15, 0.2) is 35.8 Å². The highest BCUT2D eigenvalue weighted by molar-refractivity contribution is 7.17. The molecule has 0 atom stereocenters. The van der Waals surface area contributed by atoms with Gasteiger partial charge in [0.1, 0.15) is 6.42 Å². The Morgan fingerprint density at radius 1 is 1.36 bits per heavy atom. The summed E-state index contributed by atoms with van der Waals surface area (Å²) in [7, 11) is 0. The van der Waals surface area contributed by atoms with Crippen LogP contribution in [0.5, 0.6) is 0 Å². The molecule has 0 unspecified atom stereocenters. The lowest BCUT2D eigenvalue weighted by atomic mass is 10.1. The highest BCUT2D eigenvalue weighted by atomic mass is 32.1. The van der Waals surface area contributed by atoms with Crippen molar-refractivity contribution in [3.8, 4) is 17.2 Å². The average Bonchev–Trinajstić information content (AvgIpc) is 3.12. The molecule has 0 radical (unpaired) electrons. The summed E-state index contributed by atoms with van der Waals surface area (Å²) in [5.41, 5.74) is 6.67. The summed E-state index contributed by atoms with van der Waals surface area (Å²) in [6.07, 6.45) is 1.65. The van der Waals surface area contributed by atoms with E-state index in [-0.39, 0.29) is 12.3 Å². The summed E-state index contributed by atoms with van der Waals surface area (Å²) in [6.45, 7) is 2.93. The normalized spacial score (nSPS) is 14.5. The Kier molecular flexibility index (Phi) is 5.43. The molecular weight excluding hydrogens is 376 g/mol. The number of carbonyl (C=O) groups is 1. The predicted octanol–water partition coefficient (Wildman–Crippen LogP) is 2.87. The van der Waals surface area contributed by atoms with E-state index in [0.717, 1.165) is 34.4 Å². The second kappa shape index (κ2) is 8.31. The first-order chi connectivity index (χ1) is 13.7. The first-order valence-corrected chi connectivity index (χ1v) is 9.72. The van der Waals surface area contributed by atoms with Crippen molar-refractivity contribution >= 4 is 39.1 Å². The highest BCUT2D eigenvalue weighted by Crippen LogP contribution is 2.34. The predicted molar refractivity (Wildman–Crippen MR) is 108 cm³/mol. The van der Waals surface area contributed by atoms with Crippen LogP contribution in [0.1, 0.15) is 6.42 Å². The van der Waals surface area contributed by atoms with Crippen LogP contribution >= 0.6 is 11.3 Å². The Hall–Kier alpha value is -3.06. The molecule has 1 amide bonds. The molecule has 28 heavy (non-hydrogen) atoms. The van der Waals surface area contributed by atoms with Gasteiger partial charge in [-0.3, -0.25) is 10.2 Å². The van der Waals surface area contributed by atoms with Crippen molar-refractivity contribution < 1.29 is 9.53 Å². The van der Waals surface area contributed by atoms with Crippen LogP contribution in [0.25, 0.3) is 21.3 Å². The van der Waals surface area contributed by atoms with E-state index in [1.807, 2.05) is 40.9 Å². The third-order valence-electron chi connectivity index (χ3n) is 4.28. The Morgan fingerprint density at radius 3 is 3.04 bits per heavy atom. The monoisotopic (exact) mass is 394 g/mol. The lowest BCUT2D eigenvalue weighted by molar-refractivity contribution is -0.115. The molecule has 4 rings (SSSR count). The number of nitrogens with zero attached hydrogens (tertiary/aromatic N) is 4. The Balaban J connectivity index is 1.60. The molecule has 3 aromatic rings. The number of rotatable bonds is 5. The fraction of sp³-hybridized carbons (Fsp3) is 0.263. The van der Waals surface area contributed by atoms with Gasteiger partial charge >= 0.3 is 0 Å². The minimum Gasteiger partial charge on any atom is -0.379 e. The first kappa shape index (κ1) is 18.3. The van der Waals surface area contributed by atoms with Gasteiger partial charge in [0.15, 0.2) is 0 Å². The van der Waals surface area contributed by atoms with E-state index in [0.29, 0.717) is 24.8 Å². The summed E-state index contributed by atoms with van der Waals surface area (Å²) in [5, 5.41) is 15.5. The van der Waals surface area contributed by atoms with Gasteiger partial charge < -0.3 is 10.1 Å². The SMILES string of the molecule is N#CCC(=O)Nc1cccc(-c2csc3cnc(NN4CCOCC4)nc23)c1. The fourth-order valence-corrected chi connectivity index (χ4v) is 3.82.